The van der Waals surface area contributed by atoms with E-state index in [1.54, 1.807) is 0 Å². The minimum Gasteiger partial charge on any atom is -0.310 e. The molecule has 3 nitrogen and oxygen atoms in total. The van der Waals surface area contributed by atoms with Crippen LogP contribution in [0.2, 0.25) is 0 Å². The summed E-state index contributed by atoms with van der Waals surface area (Å²) < 4.78 is 7.78. The summed E-state index contributed by atoms with van der Waals surface area (Å²) in [4.78, 5) is 9.34. The first kappa shape index (κ1) is 44.0. The molecule has 0 spiro atoms. The van der Waals surface area contributed by atoms with Crippen LogP contribution in [0.4, 0.5) is 17.1 Å². The van der Waals surface area contributed by atoms with E-state index in [2.05, 4.69) is 236 Å². The van der Waals surface area contributed by atoms with Gasteiger partial charge < -0.3 is 9.47 Å². The summed E-state index contributed by atoms with van der Waals surface area (Å²) in [7, 11) is 0. The Morgan fingerprint density at radius 1 is 0.458 bits per heavy atom. The molecule has 6 heterocycles. The molecule has 7 heteroatoms. The van der Waals surface area contributed by atoms with E-state index >= 15 is 0 Å². The van der Waals surface area contributed by atoms with E-state index in [0.717, 1.165) is 10.5 Å². The van der Waals surface area contributed by atoms with E-state index in [4.69, 9.17) is 4.98 Å². The van der Waals surface area contributed by atoms with Crippen LogP contribution >= 0.6 is 34.0 Å². The first-order valence-electron chi connectivity index (χ1n) is 25.3. The summed E-state index contributed by atoms with van der Waals surface area (Å²) >= 11 is 5.72. The average molecular weight is 984 g/mol. The second-order valence-electron chi connectivity index (χ2n) is 23.2. The Kier molecular flexibility index (Phi) is 9.39. The van der Waals surface area contributed by atoms with Crippen molar-refractivity contribution in [1.29, 1.82) is 0 Å². The molecule has 0 atom stereocenters. The van der Waals surface area contributed by atoms with Crippen molar-refractivity contribution >= 4 is 126 Å². The van der Waals surface area contributed by atoms with E-state index in [1.807, 2.05) is 34.0 Å². The number of anilines is 3. The molecule has 8 aromatic carbocycles. The van der Waals surface area contributed by atoms with Crippen molar-refractivity contribution in [1.82, 2.24) is 9.55 Å². The lowest BCUT2D eigenvalue weighted by molar-refractivity contribution is 0.590. The first-order chi connectivity index (χ1) is 34.6. The first-order valence-corrected chi connectivity index (χ1v) is 27.8. The maximum absolute atomic E-state index is 5.41. The zero-order chi connectivity index (χ0) is 49.2. The van der Waals surface area contributed by atoms with Gasteiger partial charge in [-0.1, -0.05) is 147 Å². The van der Waals surface area contributed by atoms with Crippen LogP contribution in [0, 0.1) is 0 Å². The number of hydrogen-bond donors (Lipinski definition) is 0. The highest BCUT2D eigenvalue weighted by Crippen LogP contribution is 2.51. The van der Waals surface area contributed by atoms with Crippen LogP contribution in [0.15, 0.2) is 164 Å². The molecule has 0 amide bonds. The van der Waals surface area contributed by atoms with Gasteiger partial charge in [0.15, 0.2) is 0 Å². The minimum atomic E-state index is -0.0192. The van der Waals surface area contributed by atoms with Gasteiger partial charge in [0.1, 0.15) is 5.01 Å². The standard InChI is InChI=1S/C65H54BN3S3/c1-63(2,3)39-23-27-42(28-24-39)69-52-36-43(68-50-29-25-40(64(4,5)6)33-45(50)46-34-41(65(7,8)9)26-30-51(46)68)35-47-44-18-15-21-55-56(44)58(60(70-55)62-67-49-19-13-14-20-54(49)72-62)66(57(47)52)61-59(69)48-32-38(22-31-53(48)71-61)37-16-11-10-12-17-37/h10-36H,1-9H3. The van der Waals surface area contributed by atoms with E-state index in [9.17, 15) is 0 Å². The van der Waals surface area contributed by atoms with Gasteiger partial charge in [-0.05, 0) is 150 Å². The van der Waals surface area contributed by atoms with Gasteiger partial charge in [0.25, 0.3) is 6.71 Å². The smallest absolute Gasteiger partial charge is 0.262 e. The average Bonchev–Trinajstić information content (AvgIpc) is 4.15. The number of nitrogens with zero attached hydrogens (tertiary/aromatic N) is 3. The third kappa shape index (κ3) is 6.56. The molecule has 4 aromatic heterocycles. The number of benzene rings is 8. The minimum absolute atomic E-state index is 0.000817. The van der Waals surface area contributed by atoms with Crippen LogP contribution in [-0.2, 0) is 16.2 Å². The Morgan fingerprint density at radius 3 is 1.79 bits per heavy atom. The number of hydrogen-bond acceptors (Lipinski definition) is 5. The number of fused-ring (bicyclic) bond motifs is 10. The molecule has 14 rings (SSSR count). The molecular formula is C65H54BN3S3. The van der Waals surface area contributed by atoms with Crippen molar-refractivity contribution in [2.75, 3.05) is 4.90 Å². The molecule has 0 aliphatic carbocycles. The van der Waals surface area contributed by atoms with Crippen LogP contribution in [0.1, 0.15) is 79.0 Å². The predicted molar refractivity (Wildman–Crippen MR) is 316 cm³/mol. The quantitative estimate of drug-likeness (QED) is 0.164. The second-order valence-corrected chi connectivity index (χ2v) is 26.4. The molecule has 0 saturated heterocycles. The maximum atomic E-state index is 5.41. The summed E-state index contributed by atoms with van der Waals surface area (Å²) in [6.07, 6.45) is 0. The molecule has 0 radical (unpaired) electrons. The summed E-state index contributed by atoms with van der Waals surface area (Å²) in [5.74, 6) is 0. The van der Waals surface area contributed by atoms with Crippen LogP contribution in [0.5, 0.6) is 0 Å². The van der Waals surface area contributed by atoms with Gasteiger partial charge in [0.2, 0.25) is 0 Å². The molecule has 0 bridgehead atoms. The third-order valence-corrected chi connectivity index (χ3v) is 19.1. The van der Waals surface area contributed by atoms with Crippen LogP contribution in [0.25, 0.3) is 90.0 Å². The van der Waals surface area contributed by atoms with Crippen molar-refractivity contribution in [2.45, 2.75) is 78.6 Å². The SMILES string of the molecule is CC(C)(C)c1ccc(N2c3cc(-n4c5ccc(C(C)(C)C)cc5c5cc(C(C)(C)C)ccc54)cc4c3B(c3sc5ccc(-c6ccccc6)cc5c32)c2c(-c3nc5ccccc5s3)sc3cccc-4c23)cc1. The highest BCUT2D eigenvalue weighted by atomic mass is 32.1. The normalized spacial score (nSPS) is 13.6. The fourth-order valence-electron chi connectivity index (χ4n) is 11.7. The Balaban J connectivity index is 1.13. The predicted octanol–water partition coefficient (Wildman–Crippen LogP) is 17.3. The van der Waals surface area contributed by atoms with E-state index in [0.29, 0.717) is 0 Å². The Hall–Kier alpha value is -6.77. The Bertz CT molecular complexity index is 4120. The second kappa shape index (κ2) is 15.4. The maximum Gasteiger partial charge on any atom is 0.262 e. The summed E-state index contributed by atoms with van der Waals surface area (Å²) in [5.41, 5.74) is 20.2. The summed E-state index contributed by atoms with van der Waals surface area (Å²) in [6, 6.07) is 62.7. The van der Waals surface area contributed by atoms with Crippen LogP contribution in [-0.4, -0.2) is 16.3 Å². The van der Waals surface area contributed by atoms with Crippen LogP contribution in [0.3, 0.4) is 0 Å². The fraction of sp³-hybridized carbons (Fsp3) is 0.185. The molecule has 72 heavy (non-hydrogen) atoms. The van der Waals surface area contributed by atoms with Gasteiger partial charge in [-0.15, -0.1) is 34.0 Å². The van der Waals surface area contributed by atoms with Gasteiger partial charge in [-0.25, -0.2) is 4.98 Å². The zero-order valence-electron chi connectivity index (χ0n) is 42.2. The molecule has 12 aromatic rings. The Morgan fingerprint density at radius 2 is 1.11 bits per heavy atom. The number of aromatic nitrogens is 2. The number of thiazole rings is 1. The van der Waals surface area contributed by atoms with Gasteiger partial charge in [0, 0.05) is 47.4 Å². The van der Waals surface area contributed by atoms with Crippen molar-refractivity contribution < 1.29 is 0 Å². The van der Waals surface area contributed by atoms with Crippen molar-refractivity contribution in [3.05, 3.63) is 180 Å². The van der Waals surface area contributed by atoms with Crippen molar-refractivity contribution in [3.8, 4) is 37.8 Å². The van der Waals surface area contributed by atoms with Crippen molar-refractivity contribution in [2.24, 2.45) is 0 Å². The number of thiophene rings is 2. The van der Waals surface area contributed by atoms with E-state index in [1.165, 1.54) is 129 Å². The lowest BCUT2D eigenvalue weighted by Crippen LogP contribution is -2.58. The fourth-order valence-corrected chi connectivity index (χ4v) is 15.4. The monoisotopic (exact) mass is 983 g/mol. The molecular weight excluding hydrogens is 930 g/mol. The molecule has 2 aliphatic rings. The van der Waals surface area contributed by atoms with E-state index < -0.39 is 0 Å². The number of para-hydroxylation sites is 1. The molecule has 0 unspecified atom stereocenters. The lowest BCUT2D eigenvalue weighted by Gasteiger charge is -2.39. The number of rotatable bonds is 4. The van der Waals surface area contributed by atoms with Gasteiger partial charge in [-0.3, -0.25) is 0 Å². The topological polar surface area (TPSA) is 21.1 Å². The third-order valence-electron chi connectivity index (χ3n) is 15.5. The molecule has 0 fully saturated rings. The summed E-state index contributed by atoms with van der Waals surface area (Å²) in [6.45, 7) is 20.9. The zero-order valence-corrected chi connectivity index (χ0v) is 44.7. The van der Waals surface area contributed by atoms with E-state index in [-0.39, 0.29) is 23.0 Å². The molecule has 2 aliphatic heterocycles. The molecule has 0 saturated carbocycles. The van der Waals surface area contributed by atoms with Gasteiger partial charge in [-0.2, -0.15) is 0 Å². The highest BCUT2D eigenvalue weighted by Gasteiger charge is 2.46. The molecule has 350 valence electrons. The van der Waals surface area contributed by atoms with Gasteiger partial charge in [0.05, 0.1) is 31.8 Å². The Labute approximate surface area is 434 Å². The lowest BCUT2D eigenvalue weighted by atomic mass is 9.35. The highest BCUT2D eigenvalue weighted by molar-refractivity contribution is 7.36. The molecule has 0 N–H and O–H groups in total. The summed E-state index contributed by atoms with van der Waals surface area (Å²) in [5, 5.41) is 6.33. The largest absolute Gasteiger partial charge is 0.310 e. The van der Waals surface area contributed by atoms with Crippen molar-refractivity contribution in [3.63, 3.8) is 0 Å². The van der Waals surface area contributed by atoms with Crippen LogP contribution < -0.4 is 20.6 Å². The van der Waals surface area contributed by atoms with Gasteiger partial charge >= 0.3 is 0 Å².